The van der Waals surface area contributed by atoms with Gasteiger partial charge in [-0.2, -0.15) is 4.31 Å². The lowest BCUT2D eigenvalue weighted by Crippen LogP contribution is -2.47. The van der Waals surface area contributed by atoms with E-state index in [4.69, 9.17) is 0 Å². The molecule has 8 heteroatoms. The van der Waals surface area contributed by atoms with Crippen LogP contribution in [0.5, 0.6) is 0 Å². The Morgan fingerprint density at radius 2 is 1.81 bits per heavy atom. The molecule has 0 radical (unpaired) electrons. The SMILES string of the molecule is CC(=O)Nc1ccc(S(=O)(=O)N2CCCCC2C(=O)O)c2ccccc12. The van der Waals surface area contributed by atoms with Crippen LogP contribution in [0.4, 0.5) is 5.69 Å². The first kappa shape index (κ1) is 18.3. The number of rotatable bonds is 4. The number of amides is 1. The van der Waals surface area contributed by atoms with E-state index in [0.29, 0.717) is 35.7 Å². The number of benzene rings is 2. The molecule has 0 bridgehead atoms. The van der Waals surface area contributed by atoms with Gasteiger partial charge in [-0.05, 0) is 31.4 Å². The average molecular weight is 376 g/mol. The monoisotopic (exact) mass is 376 g/mol. The number of carbonyl (C=O) groups is 2. The summed E-state index contributed by atoms with van der Waals surface area (Å²) in [6.45, 7) is 1.56. The van der Waals surface area contributed by atoms with Gasteiger partial charge in [0.2, 0.25) is 15.9 Å². The molecule has 0 spiro atoms. The minimum Gasteiger partial charge on any atom is -0.480 e. The van der Waals surface area contributed by atoms with Gasteiger partial charge in [0, 0.05) is 29.9 Å². The van der Waals surface area contributed by atoms with Crippen molar-refractivity contribution in [2.24, 2.45) is 0 Å². The highest BCUT2D eigenvalue weighted by molar-refractivity contribution is 7.89. The molecule has 1 atom stereocenters. The minimum atomic E-state index is -3.99. The van der Waals surface area contributed by atoms with E-state index >= 15 is 0 Å². The van der Waals surface area contributed by atoms with E-state index in [1.807, 2.05) is 0 Å². The number of nitrogens with one attached hydrogen (secondary N) is 1. The molecule has 2 aromatic rings. The second-order valence-electron chi connectivity index (χ2n) is 6.30. The molecular formula is C18H20N2O5S. The fourth-order valence-electron chi connectivity index (χ4n) is 3.36. The van der Waals surface area contributed by atoms with Crippen LogP contribution in [0.1, 0.15) is 26.2 Å². The van der Waals surface area contributed by atoms with Gasteiger partial charge >= 0.3 is 5.97 Å². The smallest absolute Gasteiger partial charge is 0.322 e. The molecule has 0 aromatic heterocycles. The summed E-state index contributed by atoms with van der Waals surface area (Å²) in [5, 5.41) is 13.2. The summed E-state index contributed by atoms with van der Waals surface area (Å²) in [5.74, 6) is -1.39. The van der Waals surface area contributed by atoms with Crippen molar-refractivity contribution < 1.29 is 23.1 Å². The largest absolute Gasteiger partial charge is 0.480 e. The highest BCUT2D eigenvalue weighted by Crippen LogP contribution is 2.33. The van der Waals surface area contributed by atoms with E-state index in [0.717, 1.165) is 4.31 Å². The van der Waals surface area contributed by atoms with Crippen molar-refractivity contribution in [3.63, 3.8) is 0 Å². The maximum atomic E-state index is 13.2. The topological polar surface area (TPSA) is 104 Å². The summed E-state index contributed by atoms with van der Waals surface area (Å²) in [4.78, 5) is 23.0. The third-order valence-corrected chi connectivity index (χ3v) is 6.49. The van der Waals surface area contributed by atoms with Crippen molar-refractivity contribution in [2.75, 3.05) is 11.9 Å². The molecule has 1 unspecified atom stereocenters. The van der Waals surface area contributed by atoms with E-state index in [9.17, 15) is 23.1 Å². The zero-order valence-corrected chi connectivity index (χ0v) is 15.1. The summed E-state index contributed by atoms with van der Waals surface area (Å²) >= 11 is 0. The molecule has 138 valence electrons. The van der Waals surface area contributed by atoms with E-state index in [-0.39, 0.29) is 17.3 Å². The lowest BCUT2D eigenvalue weighted by molar-refractivity contribution is -0.142. The first-order valence-corrected chi connectivity index (χ1v) is 9.80. The number of carboxylic acid groups (broad SMARTS) is 1. The fourth-order valence-corrected chi connectivity index (χ4v) is 5.21. The third kappa shape index (κ3) is 3.30. The van der Waals surface area contributed by atoms with Crippen LogP contribution in [0.15, 0.2) is 41.3 Å². The van der Waals surface area contributed by atoms with E-state index in [2.05, 4.69) is 5.32 Å². The van der Waals surface area contributed by atoms with Crippen LogP contribution in [0.2, 0.25) is 0 Å². The second-order valence-corrected chi connectivity index (χ2v) is 8.16. The van der Waals surface area contributed by atoms with E-state index in [1.165, 1.54) is 19.1 Å². The average Bonchev–Trinajstić information content (AvgIpc) is 2.61. The fraction of sp³-hybridized carbons (Fsp3) is 0.333. The predicted octanol–water partition coefficient (Wildman–Crippen LogP) is 2.43. The van der Waals surface area contributed by atoms with Gasteiger partial charge in [0.25, 0.3) is 0 Å². The second kappa shape index (κ2) is 7.05. The Hall–Kier alpha value is -2.45. The molecule has 1 amide bonds. The maximum absolute atomic E-state index is 13.2. The van der Waals surface area contributed by atoms with Crippen LogP contribution in [-0.2, 0) is 19.6 Å². The van der Waals surface area contributed by atoms with Crippen LogP contribution in [0, 0.1) is 0 Å². The van der Waals surface area contributed by atoms with Crippen molar-refractivity contribution in [2.45, 2.75) is 37.1 Å². The number of fused-ring (bicyclic) bond motifs is 1. The molecule has 1 heterocycles. The van der Waals surface area contributed by atoms with E-state index < -0.39 is 22.0 Å². The number of hydrogen-bond acceptors (Lipinski definition) is 4. The van der Waals surface area contributed by atoms with Gasteiger partial charge in [-0.3, -0.25) is 9.59 Å². The standard InChI is InChI=1S/C18H20N2O5S/c1-12(21)19-15-9-10-17(14-7-3-2-6-13(14)15)26(24,25)20-11-5-4-8-16(20)18(22)23/h2-3,6-7,9-10,16H,4-5,8,11H2,1H3,(H,19,21)(H,22,23). The lowest BCUT2D eigenvalue weighted by atomic mass is 10.1. The number of carboxylic acids is 1. The number of hydrogen-bond donors (Lipinski definition) is 2. The molecule has 2 N–H and O–H groups in total. The van der Waals surface area contributed by atoms with Gasteiger partial charge in [0.15, 0.2) is 0 Å². The quantitative estimate of drug-likeness (QED) is 0.853. The van der Waals surface area contributed by atoms with E-state index in [1.54, 1.807) is 24.3 Å². The number of piperidine rings is 1. The van der Waals surface area contributed by atoms with Gasteiger partial charge in [0.1, 0.15) is 6.04 Å². The highest BCUT2D eigenvalue weighted by Gasteiger charge is 2.38. The Labute approximate surface area is 151 Å². The van der Waals surface area contributed by atoms with Crippen LogP contribution in [-0.4, -0.2) is 42.3 Å². The minimum absolute atomic E-state index is 0.0513. The molecule has 1 aliphatic heterocycles. The Balaban J connectivity index is 2.15. The molecule has 2 aromatic carbocycles. The van der Waals surface area contributed by atoms with Crippen molar-refractivity contribution in [3.05, 3.63) is 36.4 Å². The maximum Gasteiger partial charge on any atom is 0.322 e. The summed E-state index contributed by atoms with van der Waals surface area (Å²) in [6, 6.07) is 8.77. The van der Waals surface area contributed by atoms with Gasteiger partial charge in [0.05, 0.1) is 4.90 Å². The zero-order valence-electron chi connectivity index (χ0n) is 14.3. The third-order valence-electron chi connectivity index (χ3n) is 4.52. The van der Waals surface area contributed by atoms with Gasteiger partial charge in [-0.25, -0.2) is 8.42 Å². The molecule has 1 aliphatic rings. The molecule has 3 rings (SSSR count). The van der Waals surface area contributed by atoms with Gasteiger partial charge in [-0.1, -0.05) is 24.3 Å². The van der Waals surface area contributed by atoms with Gasteiger partial charge < -0.3 is 10.4 Å². The predicted molar refractivity (Wildman–Crippen MR) is 97.4 cm³/mol. The van der Waals surface area contributed by atoms with Crippen LogP contribution in [0.25, 0.3) is 10.8 Å². The normalized spacial score (nSPS) is 18.6. The summed E-state index contributed by atoms with van der Waals surface area (Å²) < 4.78 is 27.5. The molecular weight excluding hydrogens is 356 g/mol. The summed E-state index contributed by atoms with van der Waals surface area (Å²) in [7, 11) is -3.99. The van der Waals surface area contributed by atoms with Crippen molar-refractivity contribution in [1.29, 1.82) is 0 Å². The molecule has 0 aliphatic carbocycles. The lowest BCUT2D eigenvalue weighted by Gasteiger charge is -2.32. The van der Waals surface area contributed by atoms with Gasteiger partial charge in [-0.15, -0.1) is 0 Å². The number of aliphatic carboxylic acids is 1. The Bertz CT molecular complexity index is 971. The van der Waals surface area contributed by atoms with Crippen molar-refractivity contribution >= 4 is 38.4 Å². The summed E-state index contributed by atoms with van der Waals surface area (Å²) in [5.41, 5.74) is 0.514. The molecule has 1 fully saturated rings. The zero-order chi connectivity index (χ0) is 18.9. The first-order valence-electron chi connectivity index (χ1n) is 8.36. The van der Waals surface area contributed by atoms with Crippen LogP contribution < -0.4 is 5.32 Å². The van der Waals surface area contributed by atoms with Crippen LogP contribution >= 0.6 is 0 Å². The molecule has 0 saturated carbocycles. The van der Waals surface area contributed by atoms with Crippen molar-refractivity contribution in [3.8, 4) is 0 Å². The van der Waals surface area contributed by atoms with Crippen molar-refractivity contribution in [1.82, 2.24) is 4.31 Å². The van der Waals surface area contributed by atoms with Crippen LogP contribution in [0.3, 0.4) is 0 Å². The number of carbonyl (C=O) groups excluding carboxylic acids is 1. The Kier molecular flexibility index (Phi) is 4.97. The number of nitrogens with zero attached hydrogens (tertiary/aromatic N) is 1. The molecule has 1 saturated heterocycles. The first-order chi connectivity index (χ1) is 12.3. The Morgan fingerprint density at radius 1 is 1.12 bits per heavy atom. The number of sulfonamides is 1. The Morgan fingerprint density at radius 3 is 2.46 bits per heavy atom. The molecule has 7 nitrogen and oxygen atoms in total. The molecule has 26 heavy (non-hydrogen) atoms. The highest BCUT2D eigenvalue weighted by atomic mass is 32.2. The summed E-state index contributed by atoms with van der Waals surface area (Å²) in [6.07, 6.45) is 1.62. The number of anilines is 1.